The van der Waals surface area contributed by atoms with E-state index < -0.39 is 0 Å². The molecule has 1 aromatic heterocycles. The van der Waals surface area contributed by atoms with E-state index in [0.29, 0.717) is 5.13 Å². The first-order valence-corrected chi connectivity index (χ1v) is 10.0. The summed E-state index contributed by atoms with van der Waals surface area (Å²) in [6.45, 7) is 5.18. The summed E-state index contributed by atoms with van der Waals surface area (Å²) in [7, 11) is 4.51. The molecule has 0 aliphatic carbocycles. The third-order valence-corrected chi connectivity index (χ3v) is 5.31. The van der Waals surface area contributed by atoms with Gasteiger partial charge in [-0.25, -0.2) is 4.98 Å². The van der Waals surface area contributed by atoms with E-state index in [0.717, 1.165) is 29.8 Å². The fraction of sp³-hybridized carbons (Fsp3) is 0.286. The quantitative estimate of drug-likeness (QED) is 0.383. The molecule has 0 unspecified atom stereocenters. The lowest BCUT2D eigenvalue weighted by molar-refractivity contribution is -0.00000571. The zero-order chi connectivity index (χ0) is 19.1. The van der Waals surface area contributed by atoms with Crippen molar-refractivity contribution >= 4 is 33.5 Å². The molecule has 0 radical (unpaired) electrons. The van der Waals surface area contributed by atoms with E-state index in [2.05, 4.69) is 83.6 Å². The average molecular weight is 460 g/mol. The van der Waals surface area contributed by atoms with Gasteiger partial charge in [-0.3, -0.25) is 4.48 Å². The Hall–Kier alpha value is -2.09. The molecule has 0 N–H and O–H groups in total. The zero-order valence-corrected chi connectivity index (χ0v) is 18.9. The highest BCUT2D eigenvalue weighted by Crippen LogP contribution is 2.24. The summed E-state index contributed by atoms with van der Waals surface area (Å²) >= 11 is 1.48. The number of thiazole rings is 1. The molecule has 1 heterocycles. The minimum absolute atomic E-state index is 0. The van der Waals surface area contributed by atoms with Crippen LogP contribution in [-0.4, -0.2) is 38.7 Å². The Labute approximate surface area is 181 Å². The summed E-state index contributed by atoms with van der Waals surface area (Å²) in [5.41, 5.74) is 3.37. The van der Waals surface area contributed by atoms with E-state index in [1.807, 2.05) is 17.5 Å². The van der Waals surface area contributed by atoms with Crippen LogP contribution < -0.4 is 26.4 Å². The van der Waals surface area contributed by atoms with Gasteiger partial charge in [0.1, 0.15) is 12.2 Å². The largest absolute Gasteiger partial charge is 1.00 e. The number of likely N-dealkylation sites (N-methyl/N-ethyl adjacent to an activating group) is 2. The number of halogens is 1. The minimum atomic E-state index is 0. The molecule has 0 saturated carbocycles. The molecular formula is C21H26BrN5S. The number of benzene rings is 2. The summed E-state index contributed by atoms with van der Waals surface area (Å²) in [5, 5.41) is 11.0. The number of rotatable bonds is 8. The van der Waals surface area contributed by atoms with E-state index in [4.69, 9.17) is 0 Å². The molecule has 28 heavy (non-hydrogen) atoms. The summed E-state index contributed by atoms with van der Waals surface area (Å²) in [6.07, 6.45) is 1.73. The van der Waals surface area contributed by atoms with Crippen LogP contribution in [0.5, 0.6) is 0 Å². The van der Waals surface area contributed by atoms with E-state index in [1.165, 1.54) is 22.7 Å². The topological polar surface area (TPSA) is 40.9 Å². The predicted molar refractivity (Wildman–Crippen MR) is 116 cm³/mol. The van der Waals surface area contributed by atoms with Crippen LogP contribution >= 0.6 is 11.3 Å². The predicted octanol–water partition coefficient (Wildman–Crippen LogP) is 2.66. The Balaban J connectivity index is 0.00000280. The number of para-hydroxylation sites is 1. The highest BCUT2D eigenvalue weighted by atomic mass is 79.9. The first kappa shape index (κ1) is 22.2. The smallest absolute Gasteiger partial charge is 0.229 e. The van der Waals surface area contributed by atoms with Gasteiger partial charge in [0.05, 0.1) is 26.3 Å². The average Bonchev–Trinajstić information content (AvgIpc) is 3.22. The van der Waals surface area contributed by atoms with Crippen LogP contribution in [0.4, 0.5) is 22.2 Å². The summed E-state index contributed by atoms with van der Waals surface area (Å²) in [6, 6.07) is 18.9. The summed E-state index contributed by atoms with van der Waals surface area (Å²) < 4.78 is 0.859. The molecule has 0 aliphatic heterocycles. The molecule has 0 aliphatic rings. The minimum Gasteiger partial charge on any atom is -1.00 e. The van der Waals surface area contributed by atoms with Crippen LogP contribution in [-0.2, 0) is 0 Å². The highest BCUT2D eigenvalue weighted by Gasteiger charge is 2.19. The first-order chi connectivity index (χ1) is 13.1. The molecule has 7 heteroatoms. The van der Waals surface area contributed by atoms with E-state index in [1.54, 1.807) is 6.20 Å². The SMILES string of the molecule is CCN(CC[N+](C)(C)c1ccccc1)c1ccc(/N=N/c2nccs2)cc1.[Br-]. The van der Waals surface area contributed by atoms with Crippen molar-refractivity contribution in [3.63, 3.8) is 0 Å². The maximum absolute atomic E-state index is 4.25. The molecule has 2 aromatic carbocycles. The van der Waals surface area contributed by atoms with Crippen molar-refractivity contribution in [1.29, 1.82) is 0 Å². The van der Waals surface area contributed by atoms with Crippen molar-refractivity contribution < 1.29 is 17.0 Å². The van der Waals surface area contributed by atoms with E-state index in [9.17, 15) is 0 Å². The van der Waals surface area contributed by atoms with Crippen molar-refractivity contribution in [2.45, 2.75) is 6.92 Å². The van der Waals surface area contributed by atoms with Crippen LogP contribution in [0.1, 0.15) is 6.92 Å². The summed E-state index contributed by atoms with van der Waals surface area (Å²) in [5.74, 6) is 0. The number of anilines is 1. The van der Waals surface area contributed by atoms with Gasteiger partial charge in [0.25, 0.3) is 0 Å². The lowest BCUT2D eigenvalue weighted by Crippen LogP contribution is -3.00. The molecule has 3 aromatic rings. The van der Waals surface area contributed by atoms with Crippen LogP contribution in [0.2, 0.25) is 0 Å². The monoisotopic (exact) mass is 459 g/mol. The lowest BCUT2D eigenvalue weighted by atomic mass is 10.2. The van der Waals surface area contributed by atoms with Crippen molar-refractivity contribution in [3.8, 4) is 0 Å². The second kappa shape index (κ2) is 10.5. The van der Waals surface area contributed by atoms with Crippen LogP contribution in [0, 0.1) is 0 Å². The second-order valence-corrected chi connectivity index (χ2v) is 7.73. The van der Waals surface area contributed by atoms with Gasteiger partial charge >= 0.3 is 0 Å². The maximum atomic E-state index is 4.25. The summed E-state index contributed by atoms with van der Waals surface area (Å²) in [4.78, 5) is 6.50. The van der Waals surface area contributed by atoms with Gasteiger partial charge in [-0.05, 0) is 43.3 Å². The van der Waals surface area contributed by atoms with Gasteiger partial charge in [-0.1, -0.05) is 18.2 Å². The first-order valence-electron chi connectivity index (χ1n) is 9.13. The van der Waals surface area contributed by atoms with E-state index in [-0.39, 0.29) is 17.0 Å². The highest BCUT2D eigenvalue weighted by molar-refractivity contribution is 7.13. The third kappa shape index (κ3) is 5.95. The van der Waals surface area contributed by atoms with Gasteiger partial charge in [-0.2, -0.15) is 0 Å². The molecule has 148 valence electrons. The van der Waals surface area contributed by atoms with E-state index >= 15 is 0 Å². The number of aromatic nitrogens is 1. The number of azo groups is 1. The maximum Gasteiger partial charge on any atom is 0.229 e. The van der Waals surface area contributed by atoms with Crippen molar-refractivity contribution in [3.05, 3.63) is 66.2 Å². The second-order valence-electron chi connectivity index (χ2n) is 6.85. The number of nitrogens with zero attached hydrogens (tertiary/aromatic N) is 5. The molecule has 0 saturated heterocycles. The molecule has 0 bridgehead atoms. The molecule has 0 fully saturated rings. The van der Waals surface area contributed by atoms with Crippen molar-refractivity contribution in [2.24, 2.45) is 10.2 Å². The van der Waals surface area contributed by atoms with Gasteiger partial charge in [0.15, 0.2) is 0 Å². The molecule has 0 amide bonds. The molecular weight excluding hydrogens is 434 g/mol. The van der Waals surface area contributed by atoms with Gasteiger partial charge < -0.3 is 21.9 Å². The normalized spacial score (nSPS) is 11.4. The van der Waals surface area contributed by atoms with Crippen LogP contribution in [0.25, 0.3) is 0 Å². The Kier molecular flexibility index (Phi) is 8.29. The number of hydrogen-bond acceptors (Lipinski definition) is 5. The molecule has 5 nitrogen and oxygen atoms in total. The lowest BCUT2D eigenvalue weighted by Gasteiger charge is -2.32. The Morgan fingerprint density at radius 1 is 1.00 bits per heavy atom. The fourth-order valence-corrected chi connectivity index (χ4v) is 3.35. The molecule has 0 atom stereocenters. The fourth-order valence-electron chi connectivity index (χ4n) is 2.90. The van der Waals surface area contributed by atoms with Crippen molar-refractivity contribution in [2.75, 3.05) is 38.6 Å². The van der Waals surface area contributed by atoms with Crippen LogP contribution in [0.15, 0.2) is 76.4 Å². The van der Waals surface area contributed by atoms with Crippen molar-refractivity contribution in [1.82, 2.24) is 9.47 Å². The Morgan fingerprint density at radius 2 is 1.71 bits per heavy atom. The third-order valence-electron chi connectivity index (χ3n) is 4.65. The standard InChI is InChI=1S/C21H26N5S.BrH/c1-4-25(15-16-26(2,3)20-8-6-5-7-9-20)19-12-10-18(11-13-19)23-24-21-22-14-17-27-21;/h5-14,17H,4,15-16H2,1-3H3;1H/q+1;/p-1/b24-23+;. The number of quaternary nitrogens is 1. The van der Waals surface area contributed by atoms with Gasteiger partial charge in [0, 0.05) is 23.8 Å². The van der Waals surface area contributed by atoms with Gasteiger partial charge in [0.2, 0.25) is 5.13 Å². The van der Waals surface area contributed by atoms with Gasteiger partial charge in [-0.15, -0.1) is 21.6 Å². The zero-order valence-electron chi connectivity index (χ0n) is 16.5. The Bertz CT molecular complexity index is 848. The van der Waals surface area contributed by atoms with Crippen LogP contribution in [0.3, 0.4) is 0 Å². The number of hydrogen-bond donors (Lipinski definition) is 0. The molecule has 0 spiro atoms. The molecule has 3 rings (SSSR count). The Morgan fingerprint density at radius 3 is 2.32 bits per heavy atom.